The van der Waals surface area contributed by atoms with E-state index in [1.54, 1.807) is 0 Å². The summed E-state index contributed by atoms with van der Waals surface area (Å²) in [6, 6.07) is 45.3. The van der Waals surface area contributed by atoms with Gasteiger partial charge in [-0.3, -0.25) is 0 Å². The molecule has 9 rings (SSSR count). The van der Waals surface area contributed by atoms with Crippen LogP contribution in [-0.2, 0) is 12.8 Å². The summed E-state index contributed by atoms with van der Waals surface area (Å²) in [5, 5.41) is 2.69. The lowest BCUT2D eigenvalue weighted by Crippen LogP contribution is -2.12. The molecule has 240 valence electrons. The van der Waals surface area contributed by atoms with E-state index < -0.39 is 0 Å². The lowest BCUT2D eigenvalue weighted by Gasteiger charge is -2.32. The highest BCUT2D eigenvalue weighted by Gasteiger charge is 2.30. The molecule has 0 saturated heterocycles. The molecule has 3 aliphatic carbocycles. The smallest absolute Gasteiger partial charge is 0.00234 e. The fourth-order valence-corrected chi connectivity index (χ4v) is 8.59. The Labute approximate surface area is 292 Å². The SMILES string of the molecule is CC.CC1Cc2cccc(C3=CCCC(c4ccccc4)=C3)c2-c2c(-c3c4c(c(-c5ccccc5)c5ccccc35)CCC=C4)cccc21. The summed E-state index contributed by atoms with van der Waals surface area (Å²) in [6.07, 6.45) is 15.1. The van der Waals surface area contributed by atoms with E-state index in [-0.39, 0.29) is 0 Å². The molecule has 0 heterocycles. The lowest BCUT2D eigenvalue weighted by atomic mass is 9.72. The van der Waals surface area contributed by atoms with E-state index in [1.807, 2.05) is 13.8 Å². The van der Waals surface area contributed by atoms with Crippen molar-refractivity contribution >= 4 is 28.0 Å². The van der Waals surface area contributed by atoms with Crippen LogP contribution in [-0.4, -0.2) is 0 Å². The maximum Gasteiger partial charge on any atom is -0.00234 e. The molecule has 0 radical (unpaired) electrons. The Hall–Kier alpha value is -5.20. The molecule has 6 aromatic carbocycles. The molecule has 0 heteroatoms. The van der Waals surface area contributed by atoms with Crippen molar-refractivity contribution in [2.24, 2.45) is 0 Å². The zero-order valence-corrected chi connectivity index (χ0v) is 29.0. The van der Waals surface area contributed by atoms with Gasteiger partial charge in [-0.1, -0.05) is 166 Å². The fraction of sp³-hybridized carbons (Fsp3) is 0.184. The van der Waals surface area contributed by atoms with Crippen molar-refractivity contribution in [1.29, 1.82) is 0 Å². The Morgan fingerprint density at radius 3 is 2.00 bits per heavy atom. The minimum Gasteiger partial charge on any atom is -0.0836 e. The minimum absolute atomic E-state index is 0.449. The second-order valence-corrected chi connectivity index (χ2v) is 13.4. The minimum atomic E-state index is 0.449. The average Bonchev–Trinajstić information content (AvgIpc) is 3.18. The van der Waals surface area contributed by atoms with E-state index in [4.69, 9.17) is 0 Å². The number of allylic oxidation sites excluding steroid dienone is 5. The highest BCUT2D eigenvalue weighted by atomic mass is 14.3. The molecule has 0 spiro atoms. The molecule has 0 fully saturated rings. The van der Waals surface area contributed by atoms with Crippen LogP contribution in [0.25, 0.3) is 61.4 Å². The average molecular weight is 633 g/mol. The molecule has 0 amide bonds. The molecule has 0 aliphatic heterocycles. The van der Waals surface area contributed by atoms with Crippen molar-refractivity contribution in [2.75, 3.05) is 0 Å². The van der Waals surface area contributed by atoms with Crippen LogP contribution in [0.3, 0.4) is 0 Å². The van der Waals surface area contributed by atoms with E-state index in [0.29, 0.717) is 5.92 Å². The number of fused-ring (bicyclic) bond motifs is 5. The quantitative estimate of drug-likeness (QED) is 0.181. The largest absolute Gasteiger partial charge is 0.0836 e. The van der Waals surface area contributed by atoms with Crippen LogP contribution in [0.4, 0.5) is 0 Å². The maximum atomic E-state index is 2.47. The van der Waals surface area contributed by atoms with Crippen LogP contribution in [0.15, 0.2) is 140 Å². The van der Waals surface area contributed by atoms with E-state index in [0.717, 1.165) is 32.1 Å². The second-order valence-electron chi connectivity index (χ2n) is 13.4. The first-order valence-electron chi connectivity index (χ1n) is 18.3. The Balaban J connectivity index is 0.00000171. The summed E-state index contributed by atoms with van der Waals surface area (Å²) >= 11 is 0. The first-order valence-corrected chi connectivity index (χ1v) is 18.3. The summed E-state index contributed by atoms with van der Waals surface area (Å²) < 4.78 is 0. The van der Waals surface area contributed by atoms with Crippen molar-refractivity contribution in [3.8, 4) is 33.4 Å². The van der Waals surface area contributed by atoms with Crippen molar-refractivity contribution in [3.05, 3.63) is 173 Å². The Morgan fingerprint density at radius 1 is 0.551 bits per heavy atom. The summed E-state index contributed by atoms with van der Waals surface area (Å²) in [7, 11) is 0. The van der Waals surface area contributed by atoms with Gasteiger partial charge in [0.25, 0.3) is 0 Å². The summed E-state index contributed by atoms with van der Waals surface area (Å²) in [6.45, 7) is 6.41. The van der Waals surface area contributed by atoms with Gasteiger partial charge in [-0.05, 0) is 127 Å². The van der Waals surface area contributed by atoms with Crippen LogP contribution in [0, 0.1) is 0 Å². The molecule has 0 saturated carbocycles. The zero-order valence-electron chi connectivity index (χ0n) is 29.0. The van der Waals surface area contributed by atoms with Gasteiger partial charge in [-0.2, -0.15) is 0 Å². The summed E-state index contributed by atoms with van der Waals surface area (Å²) in [5.74, 6) is 0.449. The molecule has 3 aliphatic rings. The lowest BCUT2D eigenvalue weighted by molar-refractivity contribution is 0.749. The van der Waals surface area contributed by atoms with Gasteiger partial charge in [0.05, 0.1) is 0 Å². The summed E-state index contributed by atoms with van der Waals surface area (Å²) in [4.78, 5) is 0. The third-order valence-corrected chi connectivity index (χ3v) is 10.7. The molecule has 0 bridgehead atoms. The van der Waals surface area contributed by atoms with E-state index in [9.17, 15) is 0 Å². The zero-order chi connectivity index (χ0) is 33.3. The first-order chi connectivity index (χ1) is 24.3. The van der Waals surface area contributed by atoms with Gasteiger partial charge in [-0.15, -0.1) is 0 Å². The maximum absolute atomic E-state index is 2.47. The molecule has 1 atom stereocenters. The van der Waals surface area contributed by atoms with Crippen molar-refractivity contribution in [2.45, 2.75) is 58.8 Å². The molecule has 0 aromatic heterocycles. The highest BCUT2D eigenvalue weighted by Crippen LogP contribution is 2.52. The number of rotatable bonds is 4. The van der Waals surface area contributed by atoms with E-state index in [2.05, 4.69) is 153 Å². The predicted octanol–water partition coefficient (Wildman–Crippen LogP) is 13.7. The molecule has 0 N–H and O–H groups in total. The van der Waals surface area contributed by atoms with Crippen LogP contribution in [0.5, 0.6) is 0 Å². The van der Waals surface area contributed by atoms with Crippen molar-refractivity contribution in [1.82, 2.24) is 0 Å². The number of hydrogen-bond donors (Lipinski definition) is 0. The highest BCUT2D eigenvalue weighted by molar-refractivity contribution is 6.12. The normalized spacial score (nSPS) is 16.0. The van der Waals surface area contributed by atoms with Crippen molar-refractivity contribution in [3.63, 3.8) is 0 Å². The third kappa shape index (κ3) is 5.41. The van der Waals surface area contributed by atoms with E-state index in [1.165, 1.54) is 88.7 Å². The van der Waals surface area contributed by atoms with Gasteiger partial charge in [0, 0.05) is 0 Å². The Kier molecular flexibility index (Phi) is 8.48. The van der Waals surface area contributed by atoms with Gasteiger partial charge < -0.3 is 0 Å². The number of hydrogen-bond acceptors (Lipinski definition) is 0. The van der Waals surface area contributed by atoms with Crippen LogP contribution in [0.2, 0.25) is 0 Å². The first kappa shape index (κ1) is 31.1. The predicted molar refractivity (Wildman–Crippen MR) is 213 cm³/mol. The Bertz CT molecular complexity index is 2260. The van der Waals surface area contributed by atoms with Gasteiger partial charge >= 0.3 is 0 Å². The molecule has 1 unspecified atom stereocenters. The molecule has 0 nitrogen and oxygen atoms in total. The molecular formula is C49H44. The van der Waals surface area contributed by atoms with Crippen LogP contribution < -0.4 is 0 Å². The van der Waals surface area contributed by atoms with Crippen LogP contribution in [0.1, 0.15) is 79.3 Å². The van der Waals surface area contributed by atoms with Gasteiger partial charge in [0.2, 0.25) is 0 Å². The second kappa shape index (κ2) is 13.4. The van der Waals surface area contributed by atoms with E-state index >= 15 is 0 Å². The Morgan fingerprint density at radius 2 is 1.22 bits per heavy atom. The standard InChI is InChI=1S/C47H38.C2H6/c1-31-29-36-21-13-27-38(35-20-12-19-34(30-35)32-15-4-2-5-16-32)45(36)47-37(31)26-14-28-43(47)46-41-24-10-8-22-39(41)44(33-17-6-3-7-18-33)40-23-9-11-25-42(40)46;1-2/h2-8,10-11,13-18,20-22,24-28,30-31H,9,12,19,23,29H2,1H3;1-2H3. The third-order valence-electron chi connectivity index (χ3n) is 10.7. The van der Waals surface area contributed by atoms with Gasteiger partial charge in [-0.25, -0.2) is 0 Å². The van der Waals surface area contributed by atoms with Gasteiger partial charge in [0.1, 0.15) is 0 Å². The monoisotopic (exact) mass is 632 g/mol. The number of benzene rings is 6. The molecule has 6 aromatic rings. The topological polar surface area (TPSA) is 0 Å². The summed E-state index contributed by atoms with van der Waals surface area (Å²) in [5.41, 5.74) is 19.6. The molecular weight excluding hydrogens is 589 g/mol. The van der Waals surface area contributed by atoms with Crippen molar-refractivity contribution < 1.29 is 0 Å². The van der Waals surface area contributed by atoms with Crippen LogP contribution >= 0.6 is 0 Å². The fourth-order valence-electron chi connectivity index (χ4n) is 8.59. The van der Waals surface area contributed by atoms with Gasteiger partial charge in [0.15, 0.2) is 0 Å². The molecule has 49 heavy (non-hydrogen) atoms.